The standard InChI is InChI=1S/C10H14N2/c1-4-9(3)12-10-8(2)6-5-7-11-10/h4-7,9H,1H2,2-3H3,(H,11,12). The van der Waals surface area contributed by atoms with E-state index in [2.05, 4.69) is 16.9 Å². The lowest BCUT2D eigenvalue weighted by Gasteiger charge is -2.11. The Hall–Kier alpha value is -1.31. The summed E-state index contributed by atoms with van der Waals surface area (Å²) in [5, 5.41) is 3.23. The molecule has 2 nitrogen and oxygen atoms in total. The fourth-order valence-corrected chi connectivity index (χ4v) is 0.911. The predicted molar refractivity (Wildman–Crippen MR) is 52.3 cm³/mol. The second-order valence-electron chi connectivity index (χ2n) is 2.84. The van der Waals surface area contributed by atoms with Gasteiger partial charge in [-0.3, -0.25) is 0 Å². The quantitative estimate of drug-likeness (QED) is 0.690. The first-order valence-corrected chi connectivity index (χ1v) is 4.04. The van der Waals surface area contributed by atoms with Crippen molar-refractivity contribution in [3.63, 3.8) is 0 Å². The van der Waals surface area contributed by atoms with Crippen LogP contribution in [0, 0.1) is 6.92 Å². The zero-order valence-electron chi connectivity index (χ0n) is 7.54. The first kappa shape index (κ1) is 8.78. The number of hydrogen-bond donors (Lipinski definition) is 1. The number of rotatable bonds is 3. The summed E-state index contributed by atoms with van der Waals surface area (Å²) in [7, 11) is 0. The third-order valence-electron chi connectivity index (χ3n) is 1.73. The van der Waals surface area contributed by atoms with Crippen molar-refractivity contribution in [1.29, 1.82) is 0 Å². The van der Waals surface area contributed by atoms with Crippen LogP contribution in [-0.2, 0) is 0 Å². The first-order valence-electron chi connectivity index (χ1n) is 4.04. The monoisotopic (exact) mass is 162 g/mol. The lowest BCUT2D eigenvalue weighted by atomic mass is 10.2. The van der Waals surface area contributed by atoms with Crippen LogP contribution in [0.5, 0.6) is 0 Å². The maximum absolute atomic E-state index is 4.21. The number of aryl methyl sites for hydroxylation is 1. The molecule has 64 valence electrons. The van der Waals surface area contributed by atoms with Crippen molar-refractivity contribution in [2.75, 3.05) is 5.32 Å². The van der Waals surface area contributed by atoms with E-state index in [0.29, 0.717) is 0 Å². The van der Waals surface area contributed by atoms with Gasteiger partial charge in [0.25, 0.3) is 0 Å². The summed E-state index contributed by atoms with van der Waals surface area (Å²) in [4.78, 5) is 4.21. The molecule has 0 aliphatic rings. The molecule has 12 heavy (non-hydrogen) atoms. The van der Waals surface area contributed by atoms with Crippen molar-refractivity contribution in [2.45, 2.75) is 19.9 Å². The van der Waals surface area contributed by atoms with Gasteiger partial charge in [-0.15, -0.1) is 6.58 Å². The van der Waals surface area contributed by atoms with Crippen molar-refractivity contribution in [3.8, 4) is 0 Å². The Labute approximate surface area is 73.3 Å². The minimum Gasteiger partial charge on any atom is -0.364 e. The van der Waals surface area contributed by atoms with Gasteiger partial charge in [0.1, 0.15) is 5.82 Å². The topological polar surface area (TPSA) is 24.9 Å². The molecule has 1 aromatic rings. The van der Waals surface area contributed by atoms with Gasteiger partial charge in [0.2, 0.25) is 0 Å². The molecule has 1 heterocycles. The average molecular weight is 162 g/mol. The molecule has 1 atom stereocenters. The van der Waals surface area contributed by atoms with Crippen LogP contribution in [0.3, 0.4) is 0 Å². The van der Waals surface area contributed by atoms with E-state index < -0.39 is 0 Å². The van der Waals surface area contributed by atoms with Crippen LogP contribution in [0.1, 0.15) is 12.5 Å². The molecule has 0 spiro atoms. The van der Waals surface area contributed by atoms with E-state index in [1.165, 1.54) is 0 Å². The van der Waals surface area contributed by atoms with Crippen molar-refractivity contribution in [1.82, 2.24) is 4.98 Å². The number of anilines is 1. The Bertz CT molecular complexity index is 268. The Morgan fingerprint density at radius 3 is 3.00 bits per heavy atom. The number of nitrogens with zero attached hydrogens (tertiary/aromatic N) is 1. The van der Waals surface area contributed by atoms with Crippen LogP contribution < -0.4 is 5.32 Å². The molecule has 0 fully saturated rings. The summed E-state index contributed by atoms with van der Waals surface area (Å²) >= 11 is 0. The summed E-state index contributed by atoms with van der Waals surface area (Å²) < 4.78 is 0. The number of nitrogens with one attached hydrogen (secondary N) is 1. The van der Waals surface area contributed by atoms with Crippen molar-refractivity contribution < 1.29 is 0 Å². The van der Waals surface area contributed by atoms with Gasteiger partial charge < -0.3 is 5.32 Å². The van der Waals surface area contributed by atoms with Gasteiger partial charge in [0, 0.05) is 12.2 Å². The molecule has 0 radical (unpaired) electrons. The van der Waals surface area contributed by atoms with Crippen LogP contribution in [0.2, 0.25) is 0 Å². The fraction of sp³-hybridized carbons (Fsp3) is 0.300. The fourth-order valence-electron chi connectivity index (χ4n) is 0.911. The molecule has 0 aliphatic carbocycles. The molecule has 1 aromatic heterocycles. The Morgan fingerprint density at radius 2 is 2.42 bits per heavy atom. The normalized spacial score (nSPS) is 12.2. The SMILES string of the molecule is C=CC(C)Nc1ncccc1C. The molecular weight excluding hydrogens is 148 g/mol. The third-order valence-corrected chi connectivity index (χ3v) is 1.73. The van der Waals surface area contributed by atoms with Gasteiger partial charge in [-0.25, -0.2) is 4.98 Å². The molecule has 0 saturated carbocycles. The van der Waals surface area contributed by atoms with Crippen molar-refractivity contribution >= 4 is 5.82 Å². The summed E-state index contributed by atoms with van der Waals surface area (Å²) in [6, 6.07) is 4.23. The maximum atomic E-state index is 4.21. The molecule has 0 bridgehead atoms. The Balaban J connectivity index is 2.75. The second-order valence-corrected chi connectivity index (χ2v) is 2.84. The van der Waals surface area contributed by atoms with Crippen LogP contribution in [0.25, 0.3) is 0 Å². The van der Waals surface area contributed by atoms with E-state index in [1.807, 2.05) is 32.1 Å². The summed E-state index contributed by atoms with van der Waals surface area (Å²) in [5.41, 5.74) is 1.16. The molecular formula is C10H14N2. The van der Waals surface area contributed by atoms with Crippen LogP contribution >= 0.6 is 0 Å². The van der Waals surface area contributed by atoms with E-state index in [9.17, 15) is 0 Å². The van der Waals surface area contributed by atoms with E-state index in [0.717, 1.165) is 11.4 Å². The molecule has 1 unspecified atom stereocenters. The lowest BCUT2D eigenvalue weighted by molar-refractivity contribution is 0.978. The first-order chi connectivity index (χ1) is 5.74. The molecule has 2 heteroatoms. The minimum absolute atomic E-state index is 0.263. The van der Waals surface area contributed by atoms with E-state index in [4.69, 9.17) is 0 Å². The zero-order valence-corrected chi connectivity index (χ0v) is 7.54. The zero-order chi connectivity index (χ0) is 8.97. The summed E-state index contributed by atoms with van der Waals surface area (Å²) in [5.74, 6) is 0.935. The molecule has 0 aromatic carbocycles. The average Bonchev–Trinajstić information content (AvgIpc) is 2.09. The number of aromatic nitrogens is 1. The van der Waals surface area contributed by atoms with E-state index >= 15 is 0 Å². The lowest BCUT2D eigenvalue weighted by Crippen LogP contribution is -2.13. The molecule has 1 N–H and O–H groups in total. The highest BCUT2D eigenvalue weighted by Gasteiger charge is 1.99. The molecule has 0 saturated heterocycles. The predicted octanol–water partition coefficient (Wildman–Crippen LogP) is 2.38. The van der Waals surface area contributed by atoms with Gasteiger partial charge in [0.15, 0.2) is 0 Å². The number of pyridine rings is 1. The maximum Gasteiger partial charge on any atom is 0.129 e. The minimum atomic E-state index is 0.263. The summed E-state index contributed by atoms with van der Waals surface area (Å²) in [6.07, 6.45) is 3.64. The van der Waals surface area contributed by atoms with Crippen LogP contribution in [-0.4, -0.2) is 11.0 Å². The summed E-state index contributed by atoms with van der Waals surface area (Å²) in [6.45, 7) is 7.77. The second kappa shape index (κ2) is 3.90. The molecule has 1 rings (SSSR count). The van der Waals surface area contributed by atoms with Crippen molar-refractivity contribution in [3.05, 3.63) is 36.5 Å². The van der Waals surface area contributed by atoms with Gasteiger partial charge in [-0.2, -0.15) is 0 Å². The van der Waals surface area contributed by atoms with E-state index in [-0.39, 0.29) is 6.04 Å². The highest BCUT2D eigenvalue weighted by Crippen LogP contribution is 2.10. The van der Waals surface area contributed by atoms with Crippen LogP contribution in [0.4, 0.5) is 5.82 Å². The highest BCUT2D eigenvalue weighted by molar-refractivity contribution is 5.43. The largest absolute Gasteiger partial charge is 0.364 e. The van der Waals surface area contributed by atoms with Crippen molar-refractivity contribution in [2.24, 2.45) is 0 Å². The molecule has 0 amide bonds. The van der Waals surface area contributed by atoms with Crippen LogP contribution in [0.15, 0.2) is 31.0 Å². The Morgan fingerprint density at radius 1 is 1.67 bits per heavy atom. The smallest absolute Gasteiger partial charge is 0.129 e. The van der Waals surface area contributed by atoms with Gasteiger partial charge in [-0.1, -0.05) is 12.1 Å². The molecule has 0 aliphatic heterocycles. The van der Waals surface area contributed by atoms with Gasteiger partial charge in [0.05, 0.1) is 0 Å². The number of hydrogen-bond acceptors (Lipinski definition) is 2. The van der Waals surface area contributed by atoms with Gasteiger partial charge in [-0.05, 0) is 25.5 Å². The van der Waals surface area contributed by atoms with Gasteiger partial charge >= 0.3 is 0 Å². The highest BCUT2D eigenvalue weighted by atomic mass is 15.0. The van der Waals surface area contributed by atoms with E-state index in [1.54, 1.807) is 6.20 Å². The Kier molecular flexibility index (Phi) is 2.86. The third kappa shape index (κ3) is 2.09.